The van der Waals surface area contributed by atoms with Gasteiger partial charge in [-0.3, -0.25) is 0 Å². The second kappa shape index (κ2) is 4.61. The standard InChI is InChI=1S/C21H21N/c1-21(2,3)22-13-12-19-17-10-5-4-8-15(17)16-9-6-7-11-18(16)20(19)14-22/h4-13H,14H2,1-3H3. The lowest BCUT2D eigenvalue weighted by molar-refractivity contribution is 0.197. The summed E-state index contributed by atoms with van der Waals surface area (Å²) < 4.78 is 0. The van der Waals surface area contributed by atoms with E-state index in [4.69, 9.17) is 0 Å². The van der Waals surface area contributed by atoms with Gasteiger partial charge in [-0.15, -0.1) is 0 Å². The van der Waals surface area contributed by atoms with Crippen LogP contribution in [0.4, 0.5) is 0 Å². The summed E-state index contributed by atoms with van der Waals surface area (Å²) in [6, 6.07) is 17.6. The molecule has 0 N–H and O–H groups in total. The van der Waals surface area contributed by atoms with Gasteiger partial charge in [-0.25, -0.2) is 0 Å². The molecule has 3 aromatic carbocycles. The Morgan fingerprint density at radius 1 is 0.773 bits per heavy atom. The van der Waals surface area contributed by atoms with E-state index in [0.29, 0.717) is 0 Å². The van der Waals surface area contributed by atoms with Crippen LogP contribution in [0.5, 0.6) is 0 Å². The summed E-state index contributed by atoms with van der Waals surface area (Å²) in [7, 11) is 0. The van der Waals surface area contributed by atoms with E-state index in [2.05, 4.69) is 86.5 Å². The zero-order chi connectivity index (χ0) is 15.3. The quantitative estimate of drug-likeness (QED) is 0.488. The first-order valence-corrected chi connectivity index (χ1v) is 7.93. The first-order valence-electron chi connectivity index (χ1n) is 7.93. The molecule has 0 aromatic heterocycles. The average molecular weight is 287 g/mol. The molecule has 0 spiro atoms. The van der Waals surface area contributed by atoms with Crippen LogP contribution < -0.4 is 0 Å². The Labute approximate surface area is 131 Å². The molecule has 110 valence electrons. The van der Waals surface area contributed by atoms with Crippen molar-refractivity contribution in [1.82, 2.24) is 4.90 Å². The van der Waals surface area contributed by atoms with E-state index >= 15 is 0 Å². The number of hydrogen-bond acceptors (Lipinski definition) is 1. The first-order chi connectivity index (χ1) is 10.6. The van der Waals surface area contributed by atoms with Gasteiger partial charge in [-0.1, -0.05) is 48.5 Å². The van der Waals surface area contributed by atoms with Gasteiger partial charge in [0.25, 0.3) is 0 Å². The third-order valence-electron chi connectivity index (χ3n) is 4.70. The number of rotatable bonds is 0. The van der Waals surface area contributed by atoms with E-state index in [-0.39, 0.29) is 5.54 Å². The predicted octanol–water partition coefficient (Wildman–Crippen LogP) is 5.58. The van der Waals surface area contributed by atoms with Gasteiger partial charge in [0.2, 0.25) is 0 Å². The lowest BCUT2D eigenvalue weighted by atomic mass is 9.89. The van der Waals surface area contributed by atoms with Gasteiger partial charge in [0.05, 0.1) is 0 Å². The van der Waals surface area contributed by atoms with Crippen LogP contribution in [0.15, 0.2) is 54.7 Å². The summed E-state index contributed by atoms with van der Waals surface area (Å²) in [5, 5.41) is 5.46. The van der Waals surface area contributed by atoms with Crippen LogP contribution >= 0.6 is 0 Å². The predicted molar refractivity (Wildman–Crippen MR) is 95.8 cm³/mol. The molecule has 1 nitrogen and oxygen atoms in total. The number of benzene rings is 3. The molecular weight excluding hydrogens is 266 g/mol. The molecule has 1 aliphatic rings. The zero-order valence-corrected chi connectivity index (χ0v) is 13.4. The smallest absolute Gasteiger partial charge is 0.0441 e. The summed E-state index contributed by atoms with van der Waals surface area (Å²) in [5.74, 6) is 0. The lowest BCUT2D eigenvalue weighted by Crippen LogP contribution is -2.37. The SMILES string of the molecule is CC(C)(C)N1C=Cc2c(c3ccccc3c3ccccc23)C1. The van der Waals surface area contributed by atoms with Gasteiger partial charge in [0.15, 0.2) is 0 Å². The van der Waals surface area contributed by atoms with Crippen molar-refractivity contribution in [3.05, 3.63) is 65.9 Å². The van der Waals surface area contributed by atoms with E-state index in [1.54, 1.807) is 0 Å². The van der Waals surface area contributed by atoms with Crippen molar-refractivity contribution in [3.63, 3.8) is 0 Å². The van der Waals surface area contributed by atoms with E-state index in [9.17, 15) is 0 Å². The fourth-order valence-corrected chi connectivity index (χ4v) is 3.45. The Balaban J connectivity index is 2.09. The molecular formula is C21H21N. The monoisotopic (exact) mass is 287 g/mol. The lowest BCUT2D eigenvalue weighted by Gasteiger charge is -2.38. The third kappa shape index (κ3) is 1.93. The topological polar surface area (TPSA) is 3.24 Å². The molecule has 0 saturated carbocycles. The number of nitrogens with zero attached hydrogens (tertiary/aromatic N) is 1. The normalized spacial score (nSPS) is 14.6. The molecule has 0 fully saturated rings. The first kappa shape index (κ1) is 13.4. The fourth-order valence-electron chi connectivity index (χ4n) is 3.45. The van der Waals surface area contributed by atoms with Gasteiger partial charge in [0, 0.05) is 18.3 Å². The highest BCUT2D eigenvalue weighted by molar-refractivity contribution is 6.12. The van der Waals surface area contributed by atoms with Gasteiger partial charge in [-0.05, 0) is 59.5 Å². The van der Waals surface area contributed by atoms with E-state index in [1.807, 2.05) is 0 Å². The van der Waals surface area contributed by atoms with Crippen molar-refractivity contribution >= 4 is 27.6 Å². The minimum Gasteiger partial charge on any atom is -0.368 e. The van der Waals surface area contributed by atoms with Gasteiger partial charge in [-0.2, -0.15) is 0 Å². The maximum atomic E-state index is 2.43. The second-order valence-corrected chi connectivity index (χ2v) is 7.10. The second-order valence-electron chi connectivity index (χ2n) is 7.10. The average Bonchev–Trinajstić information content (AvgIpc) is 2.54. The maximum absolute atomic E-state index is 2.43. The van der Waals surface area contributed by atoms with Crippen molar-refractivity contribution in [1.29, 1.82) is 0 Å². The van der Waals surface area contributed by atoms with Crippen LogP contribution in [-0.4, -0.2) is 10.4 Å². The van der Waals surface area contributed by atoms with Crippen LogP contribution in [0, 0.1) is 0 Å². The van der Waals surface area contributed by atoms with E-state index in [1.165, 1.54) is 32.7 Å². The van der Waals surface area contributed by atoms with Gasteiger partial charge < -0.3 is 4.90 Å². The highest BCUT2D eigenvalue weighted by Crippen LogP contribution is 2.37. The Morgan fingerprint density at radius 3 is 1.95 bits per heavy atom. The molecule has 0 radical (unpaired) electrons. The van der Waals surface area contributed by atoms with Crippen LogP contribution in [-0.2, 0) is 6.54 Å². The molecule has 0 saturated heterocycles. The molecule has 0 atom stereocenters. The van der Waals surface area contributed by atoms with E-state index < -0.39 is 0 Å². The molecule has 3 aromatic rings. The largest absolute Gasteiger partial charge is 0.368 e. The van der Waals surface area contributed by atoms with Crippen molar-refractivity contribution in [2.75, 3.05) is 0 Å². The molecule has 22 heavy (non-hydrogen) atoms. The minimum absolute atomic E-state index is 0.140. The summed E-state index contributed by atoms with van der Waals surface area (Å²) in [6.45, 7) is 7.78. The summed E-state index contributed by atoms with van der Waals surface area (Å²) in [6.07, 6.45) is 4.54. The fraction of sp³-hybridized carbons (Fsp3) is 0.238. The molecule has 1 heterocycles. The molecule has 0 unspecified atom stereocenters. The summed E-state index contributed by atoms with van der Waals surface area (Å²) in [4.78, 5) is 2.43. The molecule has 0 aliphatic carbocycles. The Bertz CT molecular complexity index is 897. The molecule has 1 aliphatic heterocycles. The van der Waals surface area contributed by atoms with Crippen LogP contribution in [0.3, 0.4) is 0 Å². The van der Waals surface area contributed by atoms with Crippen molar-refractivity contribution in [2.24, 2.45) is 0 Å². The molecule has 0 bridgehead atoms. The highest BCUT2D eigenvalue weighted by atomic mass is 15.2. The summed E-state index contributed by atoms with van der Waals surface area (Å²) >= 11 is 0. The number of hydrogen-bond donors (Lipinski definition) is 0. The van der Waals surface area contributed by atoms with Crippen molar-refractivity contribution < 1.29 is 0 Å². The minimum atomic E-state index is 0.140. The maximum Gasteiger partial charge on any atom is 0.0441 e. The summed E-state index contributed by atoms with van der Waals surface area (Å²) in [5.41, 5.74) is 2.97. The Kier molecular flexibility index (Phi) is 2.80. The Hall–Kier alpha value is -2.28. The zero-order valence-electron chi connectivity index (χ0n) is 13.4. The van der Waals surface area contributed by atoms with Crippen molar-refractivity contribution in [2.45, 2.75) is 32.9 Å². The number of fused-ring (bicyclic) bond motifs is 6. The van der Waals surface area contributed by atoms with Crippen molar-refractivity contribution in [3.8, 4) is 0 Å². The van der Waals surface area contributed by atoms with Crippen LogP contribution in [0.25, 0.3) is 27.6 Å². The Morgan fingerprint density at radius 2 is 1.32 bits per heavy atom. The highest BCUT2D eigenvalue weighted by Gasteiger charge is 2.24. The van der Waals surface area contributed by atoms with Crippen LogP contribution in [0.1, 0.15) is 31.9 Å². The van der Waals surface area contributed by atoms with Gasteiger partial charge >= 0.3 is 0 Å². The molecule has 1 heteroatoms. The van der Waals surface area contributed by atoms with E-state index in [0.717, 1.165) is 6.54 Å². The third-order valence-corrected chi connectivity index (χ3v) is 4.70. The van der Waals surface area contributed by atoms with Gasteiger partial charge in [0.1, 0.15) is 0 Å². The van der Waals surface area contributed by atoms with Crippen LogP contribution in [0.2, 0.25) is 0 Å². The molecule has 4 rings (SSSR count). The molecule has 0 amide bonds.